The molecule has 0 saturated carbocycles. The third-order valence-corrected chi connectivity index (χ3v) is 3.69. The first kappa shape index (κ1) is 14.5. The van der Waals surface area contributed by atoms with Crippen molar-refractivity contribution in [2.45, 2.75) is 24.8 Å². The number of anilines is 1. The average Bonchev–Trinajstić information content (AvgIpc) is 2.27. The first-order chi connectivity index (χ1) is 8.23. The number of hydrogen-bond donors (Lipinski definition) is 3. The van der Waals surface area contributed by atoms with Crippen LogP contribution in [0.25, 0.3) is 0 Å². The van der Waals surface area contributed by atoms with Crippen LogP contribution in [0.2, 0.25) is 0 Å². The third-order valence-electron chi connectivity index (χ3n) is 2.72. The van der Waals surface area contributed by atoms with Crippen molar-refractivity contribution in [1.29, 1.82) is 0 Å². The first-order valence-corrected chi connectivity index (χ1v) is 6.89. The summed E-state index contributed by atoms with van der Waals surface area (Å²) in [6, 6.07) is 5.69. The van der Waals surface area contributed by atoms with Crippen LogP contribution in [0.1, 0.15) is 13.8 Å². The maximum atomic E-state index is 11.4. The third kappa shape index (κ3) is 3.44. The van der Waals surface area contributed by atoms with Crippen LogP contribution in [0.5, 0.6) is 0 Å². The zero-order chi connectivity index (χ0) is 13.9. The molecule has 1 aromatic carbocycles. The predicted molar refractivity (Wildman–Crippen MR) is 67.7 cm³/mol. The first-order valence-electron chi connectivity index (χ1n) is 5.34. The number of para-hydroxylation sites is 1. The van der Waals surface area contributed by atoms with Crippen molar-refractivity contribution in [2.75, 3.05) is 5.32 Å². The average molecular weight is 272 g/mol. The molecule has 0 heterocycles. The van der Waals surface area contributed by atoms with E-state index in [0.29, 0.717) is 5.69 Å². The van der Waals surface area contributed by atoms with E-state index >= 15 is 0 Å². The molecule has 100 valence electrons. The van der Waals surface area contributed by atoms with Crippen molar-refractivity contribution in [2.24, 2.45) is 11.1 Å². The number of carboxylic acids is 1. The van der Waals surface area contributed by atoms with Crippen molar-refractivity contribution >= 4 is 21.7 Å². The molecular weight excluding hydrogens is 256 g/mol. The Labute approximate surface area is 106 Å². The van der Waals surface area contributed by atoms with E-state index in [1.807, 2.05) is 0 Å². The number of hydrogen-bond acceptors (Lipinski definition) is 4. The van der Waals surface area contributed by atoms with Gasteiger partial charge in [-0.1, -0.05) is 12.1 Å². The highest BCUT2D eigenvalue weighted by molar-refractivity contribution is 7.89. The number of nitrogens with one attached hydrogen (secondary N) is 1. The number of rotatable bonds is 5. The van der Waals surface area contributed by atoms with Crippen molar-refractivity contribution in [3.05, 3.63) is 24.3 Å². The molecule has 18 heavy (non-hydrogen) atoms. The molecule has 1 aromatic rings. The molecule has 0 bridgehead atoms. The lowest BCUT2D eigenvalue weighted by atomic mass is 10.0. The van der Waals surface area contributed by atoms with Crippen LogP contribution in [0, 0.1) is 5.92 Å². The van der Waals surface area contributed by atoms with Gasteiger partial charge < -0.3 is 10.4 Å². The highest BCUT2D eigenvalue weighted by atomic mass is 32.2. The van der Waals surface area contributed by atoms with Crippen LogP contribution in [0.3, 0.4) is 0 Å². The molecule has 0 aliphatic rings. The van der Waals surface area contributed by atoms with E-state index < -0.39 is 28.0 Å². The summed E-state index contributed by atoms with van der Waals surface area (Å²) >= 11 is 0. The minimum absolute atomic E-state index is 0.0468. The Balaban J connectivity index is 3.02. The fraction of sp³-hybridized carbons (Fsp3) is 0.364. The van der Waals surface area contributed by atoms with Gasteiger partial charge in [0.25, 0.3) is 0 Å². The SMILES string of the molecule is CC(Nc1ccccc1S(N)(=O)=O)C(C)C(=O)O. The second kappa shape index (κ2) is 5.36. The Morgan fingerprint density at radius 2 is 1.89 bits per heavy atom. The van der Waals surface area contributed by atoms with Crippen LogP contribution in [0.15, 0.2) is 29.2 Å². The van der Waals surface area contributed by atoms with Crippen LogP contribution in [-0.2, 0) is 14.8 Å². The lowest BCUT2D eigenvalue weighted by Gasteiger charge is -2.20. The van der Waals surface area contributed by atoms with Gasteiger partial charge in [0, 0.05) is 6.04 Å². The quantitative estimate of drug-likeness (QED) is 0.736. The van der Waals surface area contributed by atoms with E-state index in [1.54, 1.807) is 32.0 Å². The highest BCUT2D eigenvalue weighted by Gasteiger charge is 2.21. The number of sulfonamides is 1. The summed E-state index contributed by atoms with van der Waals surface area (Å²) in [6.07, 6.45) is 0. The van der Waals surface area contributed by atoms with Gasteiger partial charge in [-0.15, -0.1) is 0 Å². The lowest BCUT2D eigenvalue weighted by Crippen LogP contribution is -2.30. The molecule has 0 aliphatic carbocycles. The summed E-state index contributed by atoms with van der Waals surface area (Å²) in [5, 5.41) is 16.8. The largest absolute Gasteiger partial charge is 0.481 e. The van der Waals surface area contributed by atoms with Gasteiger partial charge in [-0.3, -0.25) is 4.79 Å². The normalized spacial score (nSPS) is 14.8. The lowest BCUT2D eigenvalue weighted by molar-refractivity contribution is -0.141. The smallest absolute Gasteiger partial charge is 0.308 e. The van der Waals surface area contributed by atoms with Gasteiger partial charge in [0.05, 0.1) is 11.6 Å². The Bertz CT molecular complexity index is 542. The summed E-state index contributed by atoms with van der Waals surface area (Å²) in [5.41, 5.74) is 0.306. The van der Waals surface area contributed by atoms with Gasteiger partial charge in [-0.05, 0) is 26.0 Å². The van der Waals surface area contributed by atoms with Gasteiger partial charge in [-0.2, -0.15) is 0 Å². The predicted octanol–water partition coefficient (Wildman–Crippen LogP) is 0.855. The maximum Gasteiger partial charge on any atom is 0.308 e. The van der Waals surface area contributed by atoms with Crippen molar-refractivity contribution in [3.8, 4) is 0 Å². The number of primary sulfonamides is 1. The monoisotopic (exact) mass is 272 g/mol. The minimum Gasteiger partial charge on any atom is -0.481 e. The summed E-state index contributed by atoms with van der Waals surface area (Å²) < 4.78 is 22.7. The van der Waals surface area contributed by atoms with Crippen LogP contribution >= 0.6 is 0 Å². The molecular formula is C11H16N2O4S. The molecule has 0 saturated heterocycles. The van der Waals surface area contributed by atoms with Gasteiger partial charge in [0.2, 0.25) is 10.0 Å². The van der Waals surface area contributed by atoms with Gasteiger partial charge in [0.15, 0.2) is 0 Å². The van der Waals surface area contributed by atoms with E-state index in [4.69, 9.17) is 10.2 Å². The standard InChI is InChI=1S/C11H16N2O4S/c1-7(11(14)15)8(2)13-9-5-3-4-6-10(9)18(12,16)17/h3-8,13H,1-2H3,(H,14,15)(H2,12,16,17). The van der Waals surface area contributed by atoms with Crippen LogP contribution in [-0.4, -0.2) is 25.5 Å². The van der Waals surface area contributed by atoms with Crippen LogP contribution < -0.4 is 10.5 Å². The molecule has 0 radical (unpaired) electrons. The molecule has 2 atom stereocenters. The zero-order valence-electron chi connectivity index (χ0n) is 10.1. The van der Waals surface area contributed by atoms with E-state index in [9.17, 15) is 13.2 Å². The number of benzene rings is 1. The van der Waals surface area contributed by atoms with Gasteiger partial charge in [-0.25, -0.2) is 13.6 Å². The Morgan fingerprint density at radius 3 is 2.39 bits per heavy atom. The van der Waals surface area contributed by atoms with E-state index in [-0.39, 0.29) is 4.90 Å². The molecule has 7 heteroatoms. The molecule has 0 fully saturated rings. The topological polar surface area (TPSA) is 109 Å². The number of nitrogens with two attached hydrogens (primary N) is 1. The van der Waals surface area contributed by atoms with E-state index in [2.05, 4.69) is 5.32 Å². The van der Waals surface area contributed by atoms with Crippen molar-refractivity contribution < 1.29 is 18.3 Å². The highest BCUT2D eigenvalue weighted by Crippen LogP contribution is 2.21. The Morgan fingerprint density at radius 1 is 1.33 bits per heavy atom. The number of carbonyl (C=O) groups is 1. The second-order valence-electron chi connectivity index (χ2n) is 4.10. The Hall–Kier alpha value is -1.60. The van der Waals surface area contributed by atoms with Gasteiger partial charge >= 0.3 is 5.97 Å². The van der Waals surface area contributed by atoms with Gasteiger partial charge in [0.1, 0.15) is 4.90 Å². The summed E-state index contributed by atoms with van der Waals surface area (Å²) in [6.45, 7) is 3.21. The zero-order valence-corrected chi connectivity index (χ0v) is 10.9. The second-order valence-corrected chi connectivity index (χ2v) is 5.63. The summed E-state index contributed by atoms with van der Waals surface area (Å²) in [7, 11) is -3.83. The molecule has 2 unspecified atom stereocenters. The molecule has 0 spiro atoms. The summed E-state index contributed by atoms with van der Waals surface area (Å²) in [5.74, 6) is -1.61. The molecule has 1 rings (SSSR count). The minimum atomic E-state index is -3.83. The van der Waals surface area contributed by atoms with E-state index in [0.717, 1.165) is 0 Å². The number of carboxylic acid groups (broad SMARTS) is 1. The van der Waals surface area contributed by atoms with Crippen molar-refractivity contribution in [3.63, 3.8) is 0 Å². The van der Waals surface area contributed by atoms with Crippen LogP contribution in [0.4, 0.5) is 5.69 Å². The summed E-state index contributed by atoms with van der Waals surface area (Å²) in [4.78, 5) is 10.8. The number of aliphatic carboxylic acids is 1. The fourth-order valence-corrected chi connectivity index (χ4v) is 2.12. The molecule has 6 nitrogen and oxygen atoms in total. The molecule has 0 aliphatic heterocycles. The Kier molecular flexibility index (Phi) is 4.31. The maximum absolute atomic E-state index is 11.4. The van der Waals surface area contributed by atoms with E-state index in [1.165, 1.54) is 6.07 Å². The van der Waals surface area contributed by atoms with Crippen molar-refractivity contribution in [1.82, 2.24) is 0 Å². The molecule has 0 amide bonds. The fourth-order valence-electron chi connectivity index (χ4n) is 1.42. The molecule has 0 aromatic heterocycles. The molecule has 4 N–H and O–H groups in total.